The molecule has 27 heavy (non-hydrogen) atoms. The van der Waals surface area contributed by atoms with E-state index in [0.717, 1.165) is 16.0 Å². The molecule has 134 valence electrons. The number of rotatable bonds is 3. The van der Waals surface area contributed by atoms with Crippen LogP contribution in [0.3, 0.4) is 0 Å². The first kappa shape index (κ1) is 17.5. The highest BCUT2D eigenvalue weighted by Gasteiger charge is 2.16. The standard InChI is InChI=1S/C20H14ClN3O2S/c1-12-17(13-5-3-2-4-6-13)18-19(27-12)22-11-24(20(18)26)23-10-14-9-15(21)7-8-16(14)25/h2-11,25H,1H3/b23-10+. The fraction of sp³-hybridized carbons (Fsp3) is 0.0500. The Morgan fingerprint density at radius 1 is 1.22 bits per heavy atom. The first-order valence-corrected chi connectivity index (χ1v) is 9.33. The number of phenolic OH excluding ortho intramolecular Hbond substituents is 1. The molecule has 0 bridgehead atoms. The number of halogens is 1. The van der Waals surface area contributed by atoms with Crippen LogP contribution in [-0.4, -0.2) is 21.0 Å². The SMILES string of the molecule is Cc1sc2ncn(/N=C/c3cc(Cl)ccc3O)c(=O)c2c1-c1ccccc1. The molecule has 0 aliphatic carbocycles. The van der Waals surface area contributed by atoms with Crippen LogP contribution in [0.5, 0.6) is 5.75 Å². The van der Waals surface area contributed by atoms with E-state index in [0.29, 0.717) is 20.8 Å². The van der Waals surface area contributed by atoms with E-state index in [1.807, 2.05) is 37.3 Å². The van der Waals surface area contributed by atoms with Crippen molar-refractivity contribution in [2.24, 2.45) is 5.10 Å². The molecule has 1 N–H and O–H groups in total. The van der Waals surface area contributed by atoms with Gasteiger partial charge in [-0.05, 0) is 30.7 Å². The Hall–Kier alpha value is -2.96. The van der Waals surface area contributed by atoms with E-state index in [4.69, 9.17) is 11.6 Å². The molecule has 4 rings (SSSR count). The number of hydrogen-bond acceptors (Lipinski definition) is 5. The Morgan fingerprint density at radius 3 is 2.78 bits per heavy atom. The average Bonchev–Trinajstić information content (AvgIpc) is 3.01. The van der Waals surface area contributed by atoms with Crippen LogP contribution in [0.15, 0.2) is 64.8 Å². The monoisotopic (exact) mass is 395 g/mol. The lowest BCUT2D eigenvalue weighted by molar-refractivity contribution is 0.474. The third kappa shape index (κ3) is 3.25. The number of hydrogen-bond donors (Lipinski definition) is 1. The molecule has 0 saturated carbocycles. The van der Waals surface area contributed by atoms with Crippen LogP contribution < -0.4 is 5.56 Å². The summed E-state index contributed by atoms with van der Waals surface area (Å²) in [5.74, 6) is 0.0292. The topological polar surface area (TPSA) is 67.5 Å². The molecule has 0 spiro atoms. The van der Waals surface area contributed by atoms with Gasteiger partial charge in [0.15, 0.2) is 0 Å². The van der Waals surface area contributed by atoms with Crippen LogP contribution in [0.1, 0.15) is 10.4 Å². The fourth-order valence-electron chi connectivity index (χ4n) is 2.88. The summed E-state index contributed by atoms with van der Waals surface area (Å²) in [6.07, 6.45) is 2.77. The van der Waals surface area contributed by atoms with Gasteiger partial charge >= 0.3 is 0 Å². The molecular formula is C20H14ClN3O2S. The number of aromatic hydroxyl groups is 1. The van der Waals surface area contributed by atoms with Crippen LogP contribution in [0, 0.1) is 6.92 Å². The molecule has 0 aliphatic heterocycles. The molecule has 0 atom stereocenters. The van der Waals surface area contributed by atoms with E-state index in [-0.39, 0.29) is 11.3 Å². The zero-order valence-electron chi connectivity index (χ0n) is 14.3. The molecule has 4 aromatic rings. The molecule has 2 aromatic carbocycles. The lowest BCUT2D eigenvalue weighted by Gasteiger charge is -2.03. The zero-order chi connectivity index (χ0) is 19.0. The second-order valence-electron chi connectivity index (χ2n) is 5.92. The van der Waals surface area contributed by atoms with Crippen LogP contribution in [0.2, 0.25) is 5.02 Å². The maximum Gasteiger partial charge on any atom is 0.283 e. The lowest BCUT2D eigenvalue weighted by Crippen LogP contribution is -2.16. The van der Waals surface area contributed by atoms with Gasteiger partial charge in [0.1, 0.15) is 16.9 Å². The van der Waals surface area contributed by atoms with Gasteiger partial charge in [0.05, 0.1) is 11.6 Å². The molecular weight excluding hydrogens is 382 g/mol. The van der Waals surface area contributed by atoms with Gasteiger partial charge in [-0.25, -0.2) is 4.98 Å². The molecule has 0 aliphatic rings. The van der Waals surface area contributed by atoms with Gasteiger partial charge in [-0.2, -0.15) is 9.78 Å². The van der Waals surface area contributed by atoms with Gasteiger partial charge in [0, 0.05) is 21.0 Å². The van der Waals surface area contributed by atoms with Crippen LogP contribution in [0.25, 0.3) is 21.3 Å². The summed E-state index contributed by atoms with van der Waals surface area (Å²) in [5, 5.41) is 15.1. The Morgan fingerprint density at radius 2 is 2.00 bits per heavy atom. The lowest BCUT2D eigenvalue weighted by atomic mass is 10.0. The molecule has 0 saturated heterocycles. The highest BCUT2D eigenvalue weighted by molar-refractivity contribution is 7.19. The maximum atomic E-state index is 13.0. The summed E-state index contributed by atoms with van der Waals surface area (Å²) in [5.41, 5.74) is 2.00. The summed E-state index contributed by atoms with van der Waals surface area (Å²) < 4.78 is 1.17. The predicted octanol–water partition coefficient (Wildman–Crippen LogP) is 4.67. The van der Waals surface area contributed by atoms with E-state index in [2.05, 4.69) is 10.1 Å². The minimum Gasteiger partial charge on any atom is -0.507 e. The molecule has 2 heterocycles. The van der Waals surface area contributed by atoms with Crippen molar-refractivity contribution >= 4 is 39.4 Å². The maximum absolute atomic E-state index is 13.0. The van der Waals surface area contributed by atoms with E-state index in [1.54, 1.807) is 12.1 Å². The zero-order valence-corrected chi connectivity index (χ0v) is 15.8. The fourth-order valence-corrected chi connectivity index (χ4v) is 4.07. The summed E-state index contributed by atoms with van der Waals surface area (Å²) in [7, 11) is 0. The van der Waals surface area contributed by atoms with E-state index >= 15 is 0 Å². The quantitative estimate of drug-likeness (QED) is 0.512. The predicted molar refractivity (Wildman–Crippen MR) is 110 cm³/mol. The Balaban J connectivity index is 1.86. The molecule has 5 nitrogen and oxygen atoms in total. The smallest absolute Gasteiger partial charge is 0.283 e. The van der Waals surface area contributed by atoms with Crippen molar-refractivity contribution < 1.29 is 5.11 Å². The molecule has 2 aromatic heterocycles. The molecule has 0 fully saturated rings. The van der Waals surface area contributed by atoms with E-state index in [1.165, 1.54) is 34.6 Å². The molecule has 7 heteroatoms. The number of aryl methyl sites for hydroxylation is 1. The third-order valence-corrected chi connectivity index (χ3v) is 5.39. The van der Waals surface area contributed by atoms with Crippen molar-refractivity contribution in [3.8, 4) is 16.9 Å². The number of aromatic nitrogens is 2. The Kier molecular flexibility index (Phi) is 4.51. The number of phenols is 1. The minimum atomic E-state index is -0.263. The molecule has 0 amide bonds. The van der Waals surface area contributed by atoms with Crippen molar-refractivity contribution in [3.63, 3.8) is 0 Å². The molecule has 0 radical (unpaired) electrons. The van der Waals surface area contributed by atoms with Gasteiger partial charge in [-0.3, -0.25) is 4.79 Å². The summed E-state index contributed by atoms with van der Waals surface area (Å²) >= 11 is 7.43. The van der Waals surface area contributed by atoms with Crippen molar-refractivity contribution in [2.45, 2.75) is 6.92 Å². The molecule has 0 unspecified atom stereocenters. The summed E-state index contributed by atoms with van der Waals surface area (Å²) in [4.78, 5) is 19.1. The Bertz CT molecular complexity index is 1230. The summed E-state index contributed by atoms with van der Waals surface area (Å²) in [6.45, 7) is 1.98. The first-order valence-electron chi connectivity index (χ1n) is 8.13. The van der Waals surface area contributed by atoms with Crippen molar-refractivity contribution in [2.75, 3.05) is 0 Å². The van der Waals surface area contributed by atoms with Gasteiger partial charge in [0.2, 0.25) is 0 Å². The van der Waals surface area contributed by atoms with Crippen molar-refractivity contribution in [1.82, 2.24) is 9.66 Å². The second-order valence-corrected chi connectivity index (χ2v) is 7.56. The number of nitrogens with zero attached hydrogens (tertiary/aromatic N) is 3. The Labute approximate surface area is 163 Å². The second kappa shape index (κ2) is 6.98. The third-order valence-electron chi connectivity index (χ3n) is 4.15. The van der Waals surface area contributed by atoms with Crippen molar-refractivity contribution in [1.29, 1.82) is 0 Å². The van der Waals surface area contributed by atoms with Gasteiger partial charge in [-0.15, -0.1) is 11.3 Å². The minimum absolute atomic E-state index is 0.0292. The van der Waals surface area contributed by atoms with Crippen molar-refractivity contribution in [3.05, 3.63) is 80.7 Å². The highest BCUT2D eigenvalue weighted by atomic mass is 35.5. The largest absolute Gasteiger partial charge is 0.507 e. The number of fused-ring (bicyclic) bond motifs is 1. The first-order chi connectivity index (χ1) is 13.0. The number of benzene rings is 2. The van der Waals surface area contributed by atoms with Crippen LogP contribution in [0.4, 0.5) is 0 Å². The summed E-state index contributed by atoms with van der Waals surface area (Å²) in [6, 6.07) is 14.4. The van der Waals surface area contributed by atoms with E-state index < -0.39 is 0 Å². The normalized spacial score (nSPS) is 11.5. The van der Waals surface area contributed by atoms with Gasteiger partial charge in [0.25, 0.3) is 5.56 Å². The number of thiophene rings is 1. The van der Waals surface area contributed by atoms with Gasteiger partial charge < -0.3 is 5.11 Å². The van der Waals surface area contributed by atoms with Crippen LogP contribution >= 0.6 is 22.9 Å². The average molecular weight is 396 g/mol. The van der Waals surface area contributed by atoms with Crippen LogP contribution in [-0.2, 0) is 0 Å². The highest BCUT2D eigenvalue weighted by Crippen LogP contribution is 2.35. The van der Waals surface area contributed by atoms with Gasteiger partial charge in [-0.1, -0.05) is 41.9 Å². The van der Waals surface area contributed by atoms with E-state index in [9.17, 15) is 9.90 Å².